The molecule has 1 unspecified atom stereocenters. The van der Waals surface area contributed by atoms with Crippen LogP contribution in [0.15, 0.2) is 34.0 Å². The van der Waals surface area contributed by atoms with Gasteiger partial charge in [-0.25, -0.2) is 13.2 Å². The number of nitrogens with zero attached hydrogens (tertiary/aromatic N) is 1. The molecule has 7 heteroatoms. The van der Waals surface area contributed by atoms with Gasteiger partial charge in [0.05, 0.1) is 28.0 Å². The van der Waals surface area contributed by atoms with Crippen LogP contribution in [0.2, 0.25) is 0 Å². The van der Waals surface area contributed by atoms with Crippen molar-refractivity contribution < 1.29 is 17.9 Å². The molecule has 5 nitrogen and oxygen atoms in total. The largest absolute Gasteiger partial charge is 0.467 e. The number of halogens is 1. The number of sulfone groups is 1. The standard InChI is InChI=1S/C20H28ClNO4S/c1-13-11-18(27(24,25)16-9-10-16)19(21)14(2)22(13)17(20(23)26-3)12-15-7-5-4-6-8-15/h11,15-17H,2,4-10,12H2,1,3H3. The average molecular weight is 414 g/mol. The highest BCUT2D eigenvalue weighted by atomic mass is 35.5. The van der Waals surface area contributed by atoms with Gasteiger partial charge in [0.15, 0.2) is 9.84 Å². The number of allylic oxidation sites excluding steroid dienone is 3. The molecular formula is C20H28ClNO4S. The van der Waals surface area contributed by atoms with E-state index >= 15 is 0 Å². The fraction of sp³-hybridized carbons (Fsp3) is 0.650. The van der Waals surface area contributed by atoms with Crippen LogP contribution in [0.5, 0.6) is 0 Å². The molecule has 0 aromatic heterocycles. The van der Waals surface area contributed by atoms with Crippen LogP contribution in [0.25, 0.3) is 0 Å². The minimum atomic E-state index is -3.44. The zero-order chi connectivity index (χ0) is 19.8. The first-order valence-electron chi connectivity index (χ1n) is 9.65. The molecule has 0 aromatic rings. The lowest BCUT2D eigenvalue weighted by molar-refractivity contribution is -0.146. The summed E-state index contributed by atoms with van der Waals surface area (Å²) in [5.41, 5.74) is 1.02. The van der Waals surface area contributed by atoms with E-state index in [9.17, 15) is 13.2 Å². The molecule has 27 heavy (non-hydrogen) atoms. The fourth-order valence-electron chi connectivity index (χ4n) is 4.16. The molecule has 0 bridgehead atoms. The molecule has 3 rings (SSSR count). The zero-order valence-corrected chi connectivity index (χ0v) is 17.6. The van der Waals surface area contributed by atoms with E-state index in [1.54, 1.807) is 17.9 Å². The predicted molar refractivity (Wildman–Crippen MR) is 107 cm³/mol. The maximum absolute atomic E-state index is 12.7. The maximum atomic E-state index is 12.7. The molecule has 2 saturated carbocycles. The number of hydrogen-bond donors (Lipinski definition) is 0. The summed E-state index contributed by atoms with van der Waals surface area (Å²) in [6, 6.07) is -0.541. The monoisotopic (exact) mass is 413 g/mol. The topological polar surface area (TPSA) is 63.7 Å². The second kappa shape index (κ2) is 8.00. The molecule has 1 aliphatic heterocycles. The van der Waals surface area contributed by atoms with Gasteiger partial charge in [-0.2, -0.15) is 0 Å². The van der Waals surface area contributed by atoms with E-state index in [2.05, 4.69) is 6.58 Å². The number of carbonyl (C=O) groups is 1. The molecule has 0 saturated heterocycles. The van der Waals surface area contributed by atoms with Crippen molar-refractivity contribution in [2.75, 3.05) is 7.11 Å². The molecule has 0 amide bonds. The number of ether oxygens (including phenoxy) is 1. The molecule has 2 fully saturated rings. The lowest BCUT2D eigenvalue weighted by atomic mass is 9.84. The van der Waals surface area contributed by atoms with Crippen LogP contribution in [0.1, 0.15) is 58.3 Å². The van der Waals surface area contributed by atoms with Gasteiger partial charge < -0.3 is 9.64 Å². The second-order valence-corrected chi connectivity index (χ2v) is 10.4. The van der Waals surface area contributed by atoms with Gasteiger partial charge in [0.25, 0.3) is 0 Å². The molecule has 0 radical (unpaired) electrons. The third kappa shape index (κ3) is 4.11. The lowest BCUT2D eigenvalue weighted by Gasteiger charge is -2.38. The zero-order valence-electron chi connectivity index (χ0n) is 16.0. The molecule has 0 aromatic carbocycles. The summed E-state index contributed by atoms with van der Waals surface area (Å²) in [4.78, 5) is 14.5. The molecule has 3 aliphatic rings. The van der Waals surface area contributed by atoms with Crippen LogP contribution in [-0.2, 0) is 19.4 Å². The van der Waals surface area contributed by atoms with Crippen molar-refractivity contribution in [2.45, 2.75) is 69.6 Å². The lowest BCUT2D eigenvalue weighted by Crippen LogP contribution is -2.43. The number of methoxy groups -OCH3 is 1. The van der Waals surface area contributed by atoms with Crippen LogP contribution in [-0.4, -0.2) is 37.7 Å². The minimum absolute atomic E-state index is 0.116. The van der Waals surface area contributed by atoms with Crippen molar-refractivity contribution in [3.8, 4) is 0 Å². The molecule has 2 aliphatic carbocycles. The van der Waals surface area contributed by atoms with Crippen LogP contribution in [0.3, 0.4) is 0 Å². The number of carbonyl (C=O) groups excluding carboxylic acids is 1. The van der Waals surface area contributed by atoms with Crippen molar-refractivity contribution in [2.24, 2.45) is 5.92 Å². The molecule has 150 valence electrons. The number of rotatable bonds is 6. The Kier molecular flexibility index (Phi) is 6.06. The van der Waals surface area contributed by atoms with Crippen molar-refractivity contribution in [1.82, 2.24) is 4.90 Å². The predicted octanol–water partition coefficient (Wildman–Crippen LogP) is 4.26. The Bertz CT molecular complexity index is 787. The van der Waals surface area contributed by atoms with E-state index in [1.807, 2.05) is 0 Å². The van der Waals surface area contributed by atoms with E-state index in [1.165, 1.54) is 26.4 Å². The summed E-state index contributed by atoms with van der Waals surface area (Å²) >= 11 is 6.45. The van der Waals surface area contributed by atoms with Crippen molar-refractivity contribution in [3.05, 3.63) is 34.0 Å². The first kappa shape index (κ1) is 20.5. The molecular weight excluding hydrogens is 386 g/mol. The highest BCUT2D eigenvalue weighted by molar-refractivity contribution is 7.96. The van der Waals surface area contributed by atoms with Crippen LogP contribution in [0, 0.1) is 5.92 Å². The van der Waals surface area contributed by atoms with Gasteiger partial charge in [0, 0.05) is 5.70 Å². The Morgan fingerprint density at radius 1 is 1.30 bits per heavy atom. The van der Waals surface area contributed by atoms with E-state index in [0.29, 0.717) is 36.6 Å². The molecule has 0 spiro atoms. The summed E-state index contributed by atoms with van der Waals surface area (Å²) in [7, 11) is -2.06. The van der Waals surface area contributed by atoms with Gasteiger partial charge in [0.1, 0.15) is 6.04 Å². The smallest absolute Gasteiger partial charge is 0.328 e. The van der Waals surface area contributed by atoms with E-state index in [0.717, 1.165) is 12.8 Å². The highest BCUT2D eigenvalue weighted by Gasteiger charge is 2.42. The van der Waals surface area contributed by atoms with Gasteiger partial charge in [-0.1, -0.05) is 50.3 Å². The van der Waals surface area contributed by atoms with Crippen LogP contribution in [0.4, 0.5) is 0 Å². The third-order valence-corrected chi connectivity index (χ3v) is 8.63. The van der Waals surface area contributed by atoms with Crippen molar-refractivity contribution >= 4 is 27.4 Å². The second-order valence-electron chi connectivity index (χ2n) is 7.80. The fourth-order valence-corrected chi connectivity index (χ4v) is 6.45. The van der Waals surface area contributed by atoms with Gasteiger partial charge in [-0.05, 0) is 38.2 Å². The molecule has 1 heterocycles. The SMILES string of the molecule is C=C1C(Cl)=C(S(=O)(=O)C2CC2)C=C(C)N1C(CC1CCCCC1)C(=O)OC. The van der Waals surface area contributed by atoms with E-state index in [-0.39, 0.29) is 21.2 Å². The summed E-state index contributed by atoms with van der Waals surface area (Å²) < 4.78 is 30.4. The molecule has 1 atom stereocenters. The first-order chi connectivity index (χ1) is 12.8. The normalized spacial score (nSPS) is 23.3. The Morgan fingerprint density at radius 2 is 1.93 bits per heavy atom. The van der Waals surface area contributed by atoms with Gasteiger partial charge in [-0.15, -0.1) is 0 Å². The summed E-state index contributed by atoms with van der Waals surface area (Å²) in [5, 5.41) is -0.228. The van der Waals surface area contributed by atoms with Gasteiger partial charge >= 0.3 is 5.97 Å². The van der Waals surface area contributed by atoms with Crippen LogP contribution < -0.4 is 0 Å². The Morgan fingerprint density at radius 3 is 2.48 bits per heavy atom. The Balaban J connectivity index is 1.90. The third-order valence-electron chi connectivity index (χ3n) is 5.82. The average Bonchev–Trinajstić information content (AvgIpc) is 3.49. The maximum Gasteiger partial charge on any atom is 0.328 e. The van der Waals surface area contributed by atoms with Crippen molar-refractivity contribution in [3.63, 3.8) is 0 Å². The van der Waals surface area contributed by atoms with E-state index < -0.39 is 15.9 Å². The first-order valence-corrected chi connectivity index (χ1v) is 11.6. The minimum Gasteiger partial charge on any atom is -0.467 e. The molecule has 0 N–H and O–H groups in total. The van der Waals surface area contributed by atoms with Gasteiger partial charge in [0.2, 0.25) is 0 Å². The number of hydrogen-bond acceptors (Lipinski definition) is 5. The van der Waals surface area contributed by atoms with Crippen molar-refractivity contribution in [1.29, 1.82) is 0 Å². The number of esters is 1. The quantitative estimate of drug-likeness (QED) is 0.609. The summed E-state index contributed by atoms with van der Waals surface area (Å²) in [6.45, 7) is 5.82. The van der Waals surface area contributed by atoms with E-state index in [4.69, 9.17) is 16.3 Å². The Labute approximate surface area is 167 Å². The summed E-state index contributed by atoms with van der Waals surface area (Å²) in [6.07, 6.45) is 9.39. The Hall–Kier alpha value is -1.27. The highest BCUT2D eigenvalue weighted by Crippen LogP contribution is 2.42. The van der Waals surface area contributed by atoms with Gasteiger partial charge in [-0.3, -0.25) is 0 Å². The summed E-state index contributed by atoms with van der Waals surface area (Å²) in [5.74, 6) is 0.107. The van der Waals surface area contributed by atoms with Crippen LogP contribution >= 0.6 is 11.6 Å².